The Kier molecular flexibility index (Phi) is 2.90. The van der Waals surface area contributed by atoms with Crippen LogP contribution in [0.5, 0.6) is 0 Å². The zero-order valence-electron chi connectivity index (χ0n) is 12.9. The van der Waals surface area contributed by atoms with Crippen LogP contribution in [-0.4, -0.2) is 22.4 Å². The number of carbonyl (C=O) groups excluding carboxylic acids is 1. The standard InChI is InChI=1S/C18H24N2O/c1-12-5-3-4-6-15(12)16-19-18(9-10-18)17(21)20(16)13(2)11-14-7-8-14/h3-6,13-14,16,19H,7-11H2,1-2H3. The molecule has 1 aromatic carbocycles. The van der Waals surface area contributed by atoms with Crippen molar-refractivity contribution in [2.24, 2.45) is 5.92 Å². The number of rotatable bonds is 4. The first kappa shape index (κ1) is 13.3. The van der Waals surface area contributed by atoms with Crippen LogP contribution in [0.1, 0.15) is 56.3 Å². The number of carbonyl (C=O) groups is 1. The van der Waals surface area contributed by atoms with Gasteiger partial charge in [0.15, 0.2) is 0 Å². The second-order valence-corrected chi connectivity index (χ2v) is 7.23. The minimum absolute atomic E-state index is 0.0648. The lowest BCUT2D eigenvalue weighted by Crippen LogP contribution is -2.39. The summed E-state index contributed by atoms with van der Waals surface area (Å²) in [6.45, 7) is 4.37. The lowest BCUT2D eigenvalue weighted by molar-refractivity contribution is -0.133. The van der Waals surface area contributed by atoms with Crippen LogP contribution in [0.25, 0.3) is 0 Å². The predicted octanol–water partition coefficient (Wildman–Crippen LogP) is 3.15. The molecule has 4 rings (SSSR count). The summed E-state index contributed by atoms with van der Waals surface area (Å²) in [6, 6.07) is 8.79. The van der Waals surface area contributed by atoms with E-state index in [-0.39, 0.29) is 11.7 Å². The third-order valence-corrected chi connectivity index (χ3v) is 5.41. The third kappa shape index (κ3) is 2.18. The molecule has 1 aliphatic heterocycles. The summed E-state index contributed by atoms with van der Waals surface area (Å²) in [5.74, 6) is 1.19. The smallest absolute Gasteiger partial charge is 0.244 e. The lowest BCUT2D eigenvalue weighted by atomic mass is 10.0. The second kappa shape index (κ2) is 4.57. The van der Waals surface area contributed by atoms with Gasteiger partial charge in [0.25, 0.3) is 0 Å². The Hall–Kier alpha value is -1.35. The maximum Gasteiger partial charge on any atom is 0.244 e. The summed E-state index contributed by atoms with van der Waals surface area (Å²) >= 11 is 0. The second-order valence-electron chi connectivity index (χ2n) is 7.23. The van der Waals surface area contributed by atoms with Crippen LogP contribution in [0.3, 0.4) is 0 Å². The summed E-state index contributed by atoms with van der Waals surface area (Å²) in [4.78, 5) is 15.0. The molecule has 1 N–H and O–H groups in total. The van der Waals surface area contributed by atoms with Gasteiger partial charge in [-0.25, -0.2) is 0 Å². The molecular weight excluding hydrogens is 260 g/mol. The highest BCUT2D eigenvalue weighted by molar-refractivity contribution is 5.92. The van der Waals surface area contributed by atoms with Crippen LogP contribution in [0.4, 0.5) is 0 Å². The van der Waals surface area contributed by atoms with Crippen molar-refractivity contribution in [1.82, 2.24) is 10.2 Å². The van der Waals surface area contributed by atoms with Gasteiger partial charge in [0.2, 0.25) is 5.91 Å². The highest BCUT2D eigenvalue weighted by Crippen LogP contribution is 2.48. The van der Waals surface area contributed by atoms with Crippen molar-refractivity contribution in [3.05, 3.63) is 35.4 Å². The van der Waals surface area contributed by atoms with Gasteiger partial charge in [0, 0.05) is 6.04 Å². The summed E-state index contributed by atoms with van der Waals surface area (Å²) in [7, 11) is 0. The van der Waals surface area contributed by atoms with E-state index in [2.05, 4.69) is 48.3 Å². The molecular formula is C18H24N2O. The Balaban J connectivity index is 1.66. The van der Waals surface area contributed by atoms with E-state index >= 15 is 0 Å². The molecule has 0 aromatic heterocycles. The fraction of sp³-hybridized carbons (Fsp3) is 0.611. The third-order valence-electron chi connectivity index (χ3n) is 5.41. The number of aryl methyl sites for hydroxylation is 1. The molecule has 3 heteroatoms. The largest absolute Gasteiger partial charge is 0.319 e. The predicted molar refractivity (Wildman–Crippen MR) is 82.7 cm³/mol. The van der Waals surface area contributed by atoms with E-state index in [1.165, 1.54) is 24.0 Å². The Morgan fingerprint density at radius 3 is 2.67 bits per heavy atom. The Labute approximate surface area is 126 Å². The number of hydrogen-bond donors (Lipinski definition) is 1. The number of benzene rings is 1. The first-order valence-corrected chi connectivity index (χ1v) is 8.27. The molecule has 1 spiro atoms. The maximum absolute atomic E-state index is 12.9. The molecule has 3 aliphatic rings. The maximum atomic E-state index is 12.9. The van der Waals surface area contributed by atoms with Crippen molar-refractivity contribution in [3.8, 4) is 0 Å². The summed E-state index contributed by atoms with van der Waals surface area (Å²) in [5.41, 5.74) is 2.30. The molecule has 1 amide bonds. The van der Waals surface area contributed by atoms with Crippen LogP contribution in [0.2, 0.25) is 0 Å². The van der Waals surface area contributed by atoms with E-state index < -0.39 is 0 Å². The van der Waals surface area contributed by atoms with Crippen molar-refractivity contribution in [1.29, 1.82) is 0 Å². The minimum Gasteiger partial charge on any atom is -0.319 e. The number of amides is 1. The van der Waals surface area contributed by atoms with E-state index in [1.807, 2.05) is 0 Å². The highest BCUT2D eigenvalue weighted by atomic mass is 16.2. The van der Waals surface area contributed by atoms with Gasteiger partial charge in [-0.1, -0.05) is 37.1 Å². The molecule has 1 heterocycles. The molecule has 1 aromatic rings. The van der Waals surface area contributed by atoms with E-state index in [0.717, 1.165) is 25.2 Å². The van der Waals surface area contributed by atoms with Crippen molar-refractivity contribution >= 4 is 5.91 Å². The monoisotopic (exact) mass is 284 g/mol. The summed E-state index contributed by atoms with van der Waals surface area (Å²) in [5, 5.41) is 3.65. The van der Waals surface area contributed by atoms with Gasteiger partial charge in [-0.2, -0.15) is 0 Å². The molecule has 2 aliphatic carbocycles. The van der Waals surface area contributed by atoms with Gasteiger partial charge in [0.1, 0.15) is 11.7 Å². The van der Waals surface area contributed by atoms with Gasteiger partial charge >= 0.3 is 0 Å². The average molecular weight is 284 g/mol. The fourth-order valence-electron chi connectivity index (χ4n) is 3.77. The fourth-order valence-corrected chi connectivity index (χ4v) is 3.77. The van der Waals surface area contributed by atoms with Crippen molar-refractivity contribution < 1.29 is 4.79 Å². The van der Waals surface area contributed by atoms with E-state index in [0.29, 0.717) is 11.9 Å². The number of hydrogen-bond acceptors (Lipinski definition) is 2. The van der Waals surface area contributed by atoms with Crippen LogP contribution in [0.15, 0.2) is 24.3 Å². The zero-order chi connectivity index (χ0) is 14.6. The molecule has 3 nitrogen and oxygen atoms in total. The van der Waals surface area contributed by atoms with Crippen LogP contribution in [0, 0.1) is 12.8 Å². The van der Waals surface area contributed by atoms with Crippen LogP contribution < -0.4 is 5.32 Å². The molecule has 0 radical (unpaired) electrons. The van der Waals surface area contributed by atoms with Gasteiger partial charge in [-0.05, 0) is 50.2 Å². The SMILES string of the molecule is Cc1ccccc1C1NC2(CC2)C(=O)N1C(C)CC1CC1. The topological polar surface area (TPSA) is 32.3 Å². The van der Waals surface area contributed by atoms with E-state index in [4.69, 9.17) is 0 Å². The Morgan fingerprint density at radius 2 is 2.05 bits per heavy atom. The van der Waals surface area contributed by atoms with Gasteiger partial charge in [-0.15, -0.1) is 0 Å². The summed E-state index contributed by atoms with van der Waals surface area (Å²) in [6.07, 6.45) is 5.92. The first-order chi connectivity index (χ1) is 10.1. The lowest BCUT2D eigenvalue weighted by Gasteiger charge is -2.31. The normalized spacial score (nSPS) is 28.2. The van der Waals surface area contributed by atoms with E-state index in [1.54, 1.807) is 0 Å². The molecule has 2 atom stereocenters. The molecule has 21 heavy (non-hydrogen) atoms. The van der Waals surface area contributed by atoms with Crippen molar-refractivity contribution in [2.45, 2.75) is 63.7 Å². The average Bonchev–Trinajstić information content (AvgIpc) is 3.34. The van der Waals surface area contributed by atoms with Crippen LogP contribution >= 0.6 is 0 Å². The number of nitrogens with zero attached hydrogens (tertiary/aromatic N) is 1. The van der Waals surface area contributed by atoms with Gasteiger partial charge in [-0.3, -0.25) is 10.1 Å². The Bertz CT molecular complexity index is 574. The van der Waals surface area contributed by atoms with Crippen molar-refractivity contribution in [2.75, 3.05) is 0 Å². The zero-order valence-corrected chi connectivity index (χ0v) is 12.9. The molecule has 1 saturated heterocycles. The first-order valence-electron chi connectivity index (χ1n) is 8.27. The summed E-state index contributed by atoms with van der Waals surface area (Å²) < 4.78 is 0. The number of nitrogens with one attached hydrogen (secondary N) is 1. The molecule has 112 valence electrons. The highest BCUT2D eigenvalue weighted by Gasteiger charge is 2.60. The van der Waals surface area contributed by atoms with Crippen molar-refractivity contribution in [3.63, 3.8) is 0 Å². The van der Waals surface area contributed by atoms with Crippen LogP contribution in [-0.2, 0) is 4.79 Å². The van der Waals surface area contributed by atoms with Gasteiger partial charge < -0.3 is 4.90 Å². The van der Waals surface area contributed by atoms with Gasteiger partial charge in [0.05, 0.1) is 0 Å². The minimum atomic E-state index is -0.231. The van der Waals surface area contributed by atoms with E-state index in [9.17, 15) is 4.79 Å². The molecule has 2 unspecified atom stereocenters. The Morgan fingerprint density at radius 1 is 1.33 bits per heavy atom. The molecule has 2 saturated carbocycles. The molecule has 0 bridgehead atoms. The molecule has 3 fully saturated rings. The quantitative estimate of drug-likeness (QED) is 0.921.